The van der Waals surface area contributed by atoms with Crippen molar-refractivity contribution in [3.05, 3.63) is 32.7 Å². The molecule has 78 valence electrons. The molecule has 0 amide bonds. The third kappa shape index (κ3) is 1.74. The summed E-state index contributed by atoms with van der Waals surface area (Å²) in [6.45, 7) is 1.80. The van der Waals surface area contributed by atoms with Gasteiger partial charge in [-0.2, -0.15) is 0 Å². The van der Waals surface area contributed by atoms with Gasteiger partial charge in [-0.05, 0) is 28.1 Å². The highest BCUT2D eigenvalue weighted by atomic mass is 79.9. The molecule has 0 fully saturated rings. The predicted octanol–water partition coefficient (Wildman–Crippen LogP) is 2.21. The van der Waals surface area contributed by atoms with Gasteiger partial charge in [0.2, 0.25) is 0 Å². The summed E-state index contributed by atoms with van der Waals surface area (Å²) in [6, 6.07) is 3.42. The molecule has 0 unspecified atom stereocenters. The lowest BCUT2D eigenvalue weighted by atomic mass is 10.1. The summed E-state index contributed by atoms with van der Waals surface area (Å²) in [5, 5.41) is 0. The summed E-state index contributed by atoms with van der Waals surface area (Å²) in [4.78, 5) is 27.8. The first kappa shape index (κ1) is 10.2. The Kier molecular flexibility index (Phi) is 2.48. The summed E-state index contributed by atoms with van der Waals surface area (Å²) in [7, 11) is 0. The van der Waals surface area contributed by atoms with Crippen LogP contribution in [0.2, 0.25) is 0 Å². The number of carbonyl (C=O) groups excluding carboxylic acids is 1. The zero-order chi connectivity index (χ0) is 11.0. The lowest BCUT2D eigenvalue weighted by Gasteiger charge is -2.01. The van der Waals surface area contributed by atoms with E-state index in [4.69, 9.17) is 0 Å². The SMILES string of the molecule is CCC(=O)c1cc2[nH]c(=O)[nH]c2cc1Br. The fraction of sp³-hybridized carbons (Fsp3) is 0.200. The van der Waals surface area contributed by atoms with E-state index < -0.39 is 0 Å². The van der Waals surface area contributed by atoms with Crippen LogP contribution in [-0.4, -0.2) is 15.8 Å². The van der Waals surface area contributed by atoms with Gasteiger partial charge in [0, 0.05) is 16.5 Å². The molecule has 2 N–H and O–H groups in total. The van der Waals surface area contributed by atoms with E-state index in [1.54, 1.807) is 19.1 Å². The summed E-state index contributed by atoms with van der Waals surface area (Å²) >= 11 is 3.31. The molecule has 5 heteroatoms. The number of rotatable bonds is 2. The Labute approximate surface area is 93.8 Å². The van der Waals surface area contributed by atoms with Crippen LogP contribution in [0.3, 0.4) is 0 Å². The van der Waals surface area contributed by atoms with Gasteiger partial charge in [-0.3, -0.25) is 4.79 Å². The van der Waals surface area contributed by atoms with Crippen molar-refractivity contribution in [1.29, 1.82) is 0 Å². The average Bonchev–Trinajstić information content (AvgIpc) is 2.55. The number of ketones is 1. The Hall–Kier alpha value is -1.36. The molecule has 0 aliphatic heterocycles. The summed E-state index contributed by atoms with van der Waals surface area (Å²) in [5.74, 6) is 0.0471. The van der Waals surface area contributed by atoms with Gasteiger partial charge in [-0.25, -0.2) is 4.79 Å². The number of fused-ring (bicyclic) bond motifs is 1. The fourth-order valence-corrected chi connectivity index (χ4v) is 2.02. The van der Waals surface area contributed by atoms with Crippen LogP contribution in [0.5, 0.6) is 0 Å². The van der Waals surface area contributed by atoms with Gasteiger partial charge in [0.25, 0.3) is 0 Å². The van der Waals surface area contributed by atoms with Crippen LogP contribution in [0.15, 0.2) is 21.4 Å². The molecule has 4 nitrogen and oxygen atoms in total. The summed E-state index contributed by atoms with van der Waals surface area (Å²) in [6.07, 6.45) is 0.443. The zero-order valence-electron chi connectivity index (χ0n) is 8.06. The first-order valence-electron chi connectivity index (χ1n) is 4.56. The van der Waals surface area contributed by atoms with Gasteiger partial charge in [0.05, 0.1) is 11.0 Å². The predicted molar refractivity (Wildman–Crippen MR) is 61.2 cm³/mol. The average molecular weight is 269 g/mol. The van der Waals surface area contributed by atoms with Crippen LogP contribution in [0.4, 0.5) is 0 Å². The van der Waals surface area contributed by atoms with Crippen LogP contribution in [0.1, 0.15) is 23.7 Å². The van der Waals surface area contributed by atoms with Crippen LogP contribution in [0.25, 0.3) is 11.0 Å². The molecule has 0 bridgehead atoms. The van der Waals surface area contributed by atoms with Gasteiger partial charge in [0.1, 0.15) is 0 Å². The minimum Gasteiger partial charge on any atom is -0.306 e. The monoisotopic (exact) mass is 268 g/mol. The summed E-state index contributed by atoms with van der Waals surface area (Å²) in [5.41, 5.74) is 1.68. The molecule has 0 spiro atoms. The number of aromatic nitrogens is 2. The Morgan fingerprint density at radius 1 is 1.33 bits per heavy atom. The van der Waals surface area contributed by atoms with Gasteiger partial charge >= 0.3 is 5.69 Å². The number of carbonyl (C=O) groups is 1. The second kappa shape index (κ2) is 3.66. The van der Waals surface area contributed by atoms with Gasteiger partial charge < -0.3 is 9.97 Å². The smallest absolute Gasteiger partial charge is 0.306 e. The largest absolute Gasteiger partial charge is 0.323 e. The van der Waals surface area contributed by atoms with Crippen LogP contribution in [0, 0.1) is 0 Å². The minimum absolute atomic E-state index is 0.0471. The highest BCUT2D eigenvalue weighted by molar-refractivity contribution is 9.10. The van der Waals surface area contributed by atoms with Crippen molar-refractivity contribution in [2.45, 2.75) is 13.3 Å². The molecule has 0 aliphatic rings. The van der Waals surface area contributed by atoms with E-state index >= 15 is 0 Å². The molecule has 0 saturated carbocycles. The Morgan fingerprint density at radius 2 is 1.93 bits per heavy atom. The maximum Gasteiger partial charge on any atom is 0.323 e. The number of nitrogens with one attached hydrogen (secondary N) is 2. The molecule has 0 atom stereocenters. The van der Waals surface area contributed by atoms with Crippen molar-refractivity contribution in [1.82, 2.24) is 9.97 Å². The topological polar surface area (TPSA) is 65.7 Å². The molecule has 2 aromatic rings. The number of H-pyrrole nitrogens is 2. The first-order chi connectivity index (χ1) is 7.11. The van der Waals surface area contributed by atoms with E-state index in [0.717, 1.165) is 0 Å². The lowest BCUT2D eigenvalue weighted by Crippen LogP contribution is -1.99. The van der Waals surface area contributed by atoms with Gasteiger partial charge in [-0.15, -0.1) is 0 Å². The van der Waals surface area contributed by atoms with Crippen molar-refractivity contribution in [2.24, 2.45) is 0 Å². The standard InChI is InChI=1S/C10H9BrN2O2/c1-2-9(14)5-3-7-8(4-6(5)11)13-10(15)12-7/h3-4H,2H2,1H3,(H2,12,13,15). The number of halogens is 1. The minimum atomic E-state index is -0.266. The molecule has 1 aromatic heterocycles. The van der Waals surface area contributed by atoms with Crippen LogP contribution >= 0.6 is 15.9 Å². The molecule has 15 heavy (non-hydrogen) atoms. The van der Waals surface area contributed by atoms with E-state index in [-0.39, 0.29) is 11.5 Å². The lowest BCUT2D eigenvalue weighted by molar-refractivity contribution is 0.0987. The van der Waals surface area contributed by atoms with Crippen LogP contribution < -0.4 is 5.69 Å². The number of hydrogen-bond acceptors (Lipinski definition) is 2. The van der Waals surface area contributed by atoms with E-state index in [1.807, 2.05) is 0 Å². The molecule has 1 heterocycles. The quantitative estimate of drug-likeness (QED) is 0.821. The second-order valence-corrected chi connectivity index (χ2v) is 4.09. The fourth-order valence-electron chi connectivity index (χ4n) is 1.46. The van der Waals surface area contributed by atoms with Crippen molar-refractivity contribution >= 4 is 32.7 Å². The first-order valence-corrected chi connectivity index (χ1v) is 5.36. The number of aromatic amines is 2. The van der Waals surface area contributed by atoms with E-state index in [0.29, 0.717) is 27.5 Å². The molecule has 1 aromatic carbocycles. The number of hydrogen-bond donors (Lipinski definition) is 2. The van der Waals surface area contributed by atoms with Gasteiger partial charge in [-0.1, -0.05) is 6.92 Å². The van der Waals surface area contributed by atoms with E-state index in [9.17, 15) is 9.59 Å². The Bertz CT molecular complexity index is 583. The van der Waals surface area contributed by atoms with Crippen LogP contribution in [-0.2, 0) is 0 Å². The molecule has 0 radical (unpaired) electrons. The third-order valence-corrected chi connectivity index (χ3v) is 2.88. The van der Waals surface area contributed by atoms with E-state index in [1.165, 1.54) is 0 Å². The molecular weight excluding hydrogens is 260 g/mol. The third-order valence-electron chi connectivity index (χ3n) is 2.23. The van der Waals surface area contributed by atoms with Crippen molar-refractivity contribution in [3.8, 4) is 0 Å². The normalized spacial score (nSPS) is 10.8. The molecule has 0 saturated heterocycles. The number of imidazole rings is 1. The van der Waals surface area contributed by atoms with E-state index in [2.05, 4.69) is 25.9 Å². The zero-order valence-corrected chi connectivity index (χ0v) is 9.64. The molecular formula is C10H9BrN2O2. The number of Topliss-reactive ketones (excluding diaryl/α,β-unsaturated/α-hetero) is 1. The number of benzene rings is 1. The maximum atomic E-state index is 11.6. The molecule has 0 aliphatic carbocycles. The highest BCUT2D eigenvalue weighted by Crippen LogP contribution is 2.22. The van der Waals surface area contributed by atoms with Crippen molar-refractivity contribution in [3.63, 3.8) is 0 Å². The van der Waals surface area contributed by atoms with Crippen molar-refractivity contribution < 1.29 is 4.79 Å². The second-order valence-electron chi connectivity index (χ2n) is 3.23. The van der Waals surface area contributed by atoms with Gasteiger partial charge in [0.15, 0.2) is 5.78 Å². The Morgan fingerprint density at radius 3 is 2.53 bits per heavy atom. The van der Waals surface area contributed by atoms with Crippen molar-refractivity contribution in [2.75, 3.05) is 0 Å². The Balaban J connectivity index is 2.71. The molecule has 2 rings (SSSR count). The summed E-state index contributed by atoms with van der Waals surface area (Å²) < 4.78 is 0.706. The highest BCUT2D eigenvalue weighted by Gasteiger charge is 2.10. The maximum absolute atomic E-state index is 11.6.